The number of methoxy groups -OCH3 is 2. The Kier molecular flexibility index (Phi) is 8.95. The maximum Gasteiger partial charge on any atom is 0.306 e. The molecule has 9 heteroatoms. The maximum atomic E-state index is 15.4. The van der Waals surface area contributed by atoms with Crippen LogP contribution in [0.15, 0.2) is 36.4 Å². The van der Waals surface area contributed by atoms with Crippen LogP contribution in [0.2, 0.25) is 0 Å². The lowest BCUT2D eigenvalue weighted by molar-refractivity contribution is -0.384. The molecule has 2 aromatic rings. The normalized spacial score (nSPS) is 15.1. The average molecular weight is 475 g/mol. The van der Waals surface area contributed by atoms with Crippen molar-refractivity contribution in [2.24, 2.45) is 0 Å². The van der Waals surface area contributed by atoms with Gasteiger partial charge in [0.15, 0.2) is 0 Å². The van der Waals surface area contributed by atoms with Crippen molar-refractivity contribution in [1.82, 2.24) is 0 Å². The van der Waals surface area contributed by atoms with Crippen LogP contribution in [0.1, 0.15) is 49.1 Å². The standard InChI is InChI=1S/C25H31FN2O6/c1-4-27(22-8-6-5-7-19(22)17-9-11-34-12-10-17)23-15-21(26)20(14-24(23)28(30)31)18(16-32-2)13-25(29)33-3/h5-8,14-15,17-18H,4,9-13,16H2,1-3H3. The summed E-state index contributed by atoms with van der Waals surface area (Å²) in [6.07, 6.45) is 1.56. The van der Waals surface area contributed by atoms with E-state index >= 15 is 4.39 Å². The van der Waals surface area contributed by atoms with Gasteiger partial charge in [0.2, 0.25) is 0 Å². The Balaban J connectivity index is 2.09. The molecule has 1 atom stereocenters. The molecule has 0 bridgehead atoms. The highest BCUT2D eigenvalue weighted by atomic mass is 19.1. The van der Waals surface area contributed by atoms with Gasteiger partial charge in [0, 0.05) is 56.2 Å². The van der Waals surface area contributed by atoms with Crippen molar-refractivity contribution in [2.45, 2.75) is 38.0 Å². The van der Waals surface area contributed by atoms with Crippen molar-refractivity contribution in [3.63, 3.8) is 0 Å². The number of rotatable bonds is 10. The van der Waals surface area contributed by atoms with Crippen LogP contribution in [-0.2, 0) is 19.0 Å². The molecule has 2 aromatic carbocycles. The molecule has 1 saturated heterocycles. The van der Waals surface area contributed by atoms with Crippen LogP contribution in [0.25, 0.3) is 0 Å². The number of benzene rings is 2. The minimum atomic E-state index is -0.713. The lowest BCUT2D eigenvalue weighted by Crippen LogP contribution is -2.22. The number of hydrogen-bond donors (Lipinski definition) is 0. The van der Waals surface area contributed by atoms with Gasteiger partial charge in [-0.3, -0.25) is 14.9 Å². The Morgan fingerprint density at radius 1 is 1.24 bits per heavy atom. The molecule has 0 aliphatic carbocycles. The molecule has 1 aliphatic rings. The molecule has 1 heterocycles. The van der Waals surface area contributed by atoms with Crippen molar-refractivity contribution in [3.05, 3.63) is 63.5 Å². The molecule has 0 amide bonds. The summed E-state index contributed by atoms with van der Waals surface area (Å²) in [5.41, 5.74) is 1.87. The Bertz CT molecular complexity index is 1010. The summed E-state index contributed by atoms with van der Waals surface area (Å²) in [5, 5.41) is 12.1. The fraction of sp³-hybridized carbons (Fsp3) is 0.480. The Morgan fingerprint density at radius 3 is 2.56 bits per heavy atom. The molecule has 34 heavy (non-hydrogen) atoms. The second-order valence-electron chi connectivity index (χ2n) is 8.24. The molecule has 0 spiro atoms. The molecule has 0 radical (unpaired) electrons. The molecular weight excluding hydrogens is 443 g/mol. The largest absolute Gasteiger partial charge is 0.469 e. The summed E-state index contributed by atoms with van der Waals surface area (Å²) in [7, 11) is 2.67. The fourth-order valence-electron chi connectivity index (χ4n) is 4.54. The first-order valence-electron chi connectivity index (χ1n) is 11.4. The number of nitro benzene ring substituents is 1. The van der Waals surface area contributed by atoms with Gasteiger partial charge in [0.25, 0.3) is 5.69 Å². The zero-order valence-electron chi connectivity index (χ0n) is 19.8. The van der Waals surface area contributed by atoms with Gasteiger partial charge in [-0.05, 0) is 37.3 Å². The second-order valence-corrected chi connectivity index (χ2v) is 8.24. The first-order chi connectivity index (χ1) is 16.4. The van der Waals surface area contributed by atoms with Gasteiger partial charge in [0.1, 0.15) is 11.5 Å². The highest BCUT2D eigenvalue weighted by Gasteiger charge is 2.29. The topological polar surface area (TPSA) is 91.1 Å². The number of para-hydroxylation sites is 1. The molecule has 0 aromatic heterocycles. The van der Waals surface area contributed by atoms with Crippen LogP contribution in [0.5, 0.6) is 0 Å². The number of carbonyl (C=O) groups is 1. The quantitative estimate of drug-likeness (QED) is 0.269. The smallest absolute Gasteiger partial charge is 0.306 e. The van der Waals surface area contributed by atoms with Gasteiger partial charge in [-0.15, -0.1) is 0 Å². The van der Waals surface area contributed by atoms with E-state index in [0.717, 1.165) is 24.1 Å². The van der Waals surface area contributed by atoms with Gasteiger partial charge in [0.05, 0.1) is 25.1 Å². The summed E-state index contributed by atoms with van der Waals surface area (Å²) < 4.78 is 30.8. The van der Waals surface area contributed by atoms with E-state index in [4.69, 9.17) is 14.2 Å². The Morgan fingerprint density at radius 2 is 1.94 bits per heavy atom. The molecule has 1 aliphatic heterocycles. The number of nitrogens with zero attached hydrogens (tertiary/aromatic N) is 2. The highest BCUT2D eigenvalue weighted by Crippen LogP contribution is 2.42. The van der Waals surface area contributed by atoms with E-state index < -0.39 is 22.6 Å². The predicted molar refractivity (Wildman–Crippen MR) is 126 cm³/mol. The van der Waals surface area contributed by atoms with Crippen molar-refractivity contribution in [2.75, 3.05) is 45.5 Å². The van der Waals surface area contributed by atoms with Gasteiger partial charge in [-0.25, -0.2) is 4.39 Å². The van der Waals surface area contributed by atoms with Crippen molar-refractivity contribution in [3.8, 4) is 0 Å². The van der Waals surface area contributed by atoms with Crippen LogP contribution in [0, 0.1) is 15.9 Å². The van der Waals surface area contributed by atoms with Crippen LogP contribution in [0.3, 0.4) is 0 Å². The van der Waals surface area contributed by atoms with Gasteiger partial charge < -0.3 is 19.1 Å². The van der Waals surface area contributed by atoms with E-state index in [9.17, 15) is 14.9 Å². The minimum absolute atomic E-state index is 0.0204. The average Bonchev–Trinajstić information content (AvgIpc) is 2.85. The number of esters is 1. The van der Waals surface area contributed by atoms with Crippen LogP contribution in [-0.4, -0.2) is 51.5 Å². The minimum Gasteiger partial charge on any atom is -0.469 e. The van der Waals surface area contributed by atoms with Gasteiger partial charge in [-0.1, -0.05) is 18.2 Å². The molecule has 184 valence electrons. The number of hydrogen-bond acceptors (Lipinski definition) is 7. The van der Waals surface area contributed by atoms with E-state index in [-0.39, 0.29) is 35.9 Å². The SMILES string of the molecule is CCN(c1ccccc1C1CCOCC1)c1cc(F)c(C(COC)CC(=O)OC)cc1[N+](=O)[O-]. The monoisotopic (exact) mass is 474 g/mol. The second kappa shape index (κ2) is 11.9. The van der Waals surface area contributed by atoms with Gasteiger partial charge >= 0.3 is 5.97 Å². The maximum absolute atomic E-state index is 15.4. The summed E-state index contributed by atoms with van der Waals surface area (Å²) in [6.45, 7) is 3.63. The molecule has 0 saturated carbocycles. The zero-order valence-corrected chi connectivity index (χ0v) is 19.8. The van der Waals surface area contributed by atoms with Crippen molar-refractivity contribution < 1.29 is 28.3 Å². The molecule has 0 N–H and O–H groups in total. The first-order valence-corrected chi connectivity index (χ1v) is 11.4. The number of ether oxygens (including phenoxy) is 3. The molecule has 1 unspecified atom stereocenters. The molecule has 3 rings (SSSR count). The van der Waals surface area contributed by atoms with E-state index in [1.165, 1.54) is 26.4 Å². The first kappa shape index (κ1) is 25.6. The van der Waals surface area contributed by atoms with Crippen LogP contribution in [0.4, 0.5) is 21.5 Å². The summed E-state index contributed by atoms with van der Waals surface area (Å²) in [4.78, 5) is 25.2. The van der Waals surface area contributed by atoms with Crippen molar-refractivity contribution >= 4 is 23.0 Å². The molecule has 8 nitrogen and oxygen atoms in total. The molecular formula is C25H31FN2O6. The number of anilines is 2. The van der Waals surface area contributed by atoms with E-state index in [0.29, 0.717) is 19.8 Å². The van der Waals surface area contributed by atoms with Crippen molar-refractivity contribution in [1.29, 1.82) is 0 Å². The zero-order chi connectivity index (χ0) is 24.7. The number of carbonyl (C=O) groups excluding carboxylic acids is 1. The third-order valence-electron chi connectivity index (χ3n) is 6.23. The Labute approximate surface area is 198 Å². The van der Waals surface area contributed by atoms with Crippen LogP contribution < -0.4 is 4.90 Å². The lowest BCUT2D eigenvalue weighted by Gasteiger charge is -2.30. The lowest BCUT2D eigenvalue weighted by atomic mass is 9.89. The number of nitro groups is 1. The summed E-state index contributed by atoms with van der Waals surface area (Å²) in [6, 6.07) is 10.2. The third kappa shape index (κ3) is 5.71. The van der Waals surface area contributed by atoms with E-state index in [2.05, 4.69) is 0 Å². The summed E-state index contributed by atoms with van der Waals surface area (Å²) in [5.74, 6) is -1.63. The van der Waals surface area contributed by atoms with Gasteiger partial charge in [-0.2, -0.15) is 0 Å². The number of halogens is 1. The van der Waals surface area contributed by atoms with E-state index in [1.807, 2.05) is 31.2 Å². The van der Waals surface area contributed by atoms with E-state index in [1.54, 1.807) is 4.90 Å². The molecule has 1 fully saturated rings. The predicted octanol–water partition coefficient (Wildman–Crippen LogP) is 5.08. The van der Waals surface area contributed by atoms with Crippen LogP contribution >= 0.6 is 0 Å². The Hall–Kier alpha value is -3.04. The third-order valence-corrected chi connectivity index (χ3v) is 6.23. The fourth-order valence-corrected chi connectivity index (χ4v) is 4.54. The summed E-state index contributed by atoms with van der Waals surface area (Å²) >= 11 is 0. The highest BCUT2D eigenvalue weighted by molar-refractivity contribution is 5.76.